The van der Waals surface area contributed by atoms with Gasteiger partial charge >= 0.3 is 0 Å². The second-order valence-electron chi connectivity index (χ2n) is 6.86. The summed E-state index contributed by atoms with van der Waals surface area (Å²) in [6, 6.07) is 16.5. The van der Waals surface area contributed by atoms with E-state index in [2.05, 4.69) is 9.80 Å². The van der Waals surface area contributed by atoms with Gasteiger partial charge in [-0.2, -0.15) is 0 Å². The lowest BCUT2D eigenvalue weighted by atomic mass is 10.0. The van der Waals surface area contributed by atoms with E-state index in [1.54, 1.807) is 19.2 Å². The van der Waals surface area contributed by atoms with Crippen LogP contribution in [-0.2, 0) is 6.54 Å². The minimum atomic E-state index is -0.176. The van der Waals surface area contributed by atoms with Crippen LogP contribution in [0.15, 0.2) is 54.6 Å². The molecule has 0 aliphatic carbocycles. The summed E-state index contributed by atoms with van der Waals surface area (Å²) in [5.41, 5.74) is 1.57. The van der Waals surface area contributed by atoms with Crippen molar-refractivity contribution in [3.8, 4) is 11.5 Å². The molecule has 0 saturated carbocycles. The van der Waals surface area contributed by atoms with Gasteiger partial charge in [0.1, 0.15) is 17.3 Å². The number of anilines is 1. The number of hydrogen-bond acceptors (Lipinski definition) is 4. The maximum Gasteiger partial charge on any atom is 0.146 e. The van der Waals surface area contributed by atoms with Gasteiger partial charge in [-0.25, -0.2) is 4.39 Å². The number of methoxy groups -OCH3 is 1. The molecule has 1 heterocycles. The lowest BCUT2D eigenvalue weighted by Crippen LogP contribution is -2.46. The van der Waals surface area contributed by atoms with Gasteiger partial charge in [0.2, 0.25) is 0 Å². The summed E-state index contributed by atoms with van der Waals surface area (Å²) in [6.45, 7) is 3.80. The van der Waals surface area contributed by atoms with Crippen LogP contribution in [0.2, 0.25) is 0 Å². The molecule has 4 rings (SSSR count). The van der Waals surface area contributed by atoms with E-state index in [1.165, 1.54) is 6.07 Å². The van der Waals surface area contributed by atoms with Crippen molar-refractivity contribution in [2.45, 2.75) is 6.54 Å². The van der Waals surface area contributed by atoms with E-state index in [0.717, 1.165) is 48.3 Å². The van der Waals surface area contributed by atoms with Gasteiger partial charge in [-0.15, -0.1) is 0 Å². The number of phenols is 1. The quantitative estimate of drug-likeness (QED) is 0.757. The zero-order valence-electron chi connectivity index (χ0n) is 15.4. The van der Waals surface area contributed by atoms with E-state index in [9.17, 15) is 9.50 Å². The van der Waals surface area contributed by atoms with Gasteiger partial charge in [0.25, 0.3) is 0 Å². The first-order valence-corrected chi connectivity index (χ1v) is 9.16. The van der Waals surface area contributed by atoms with E-state index in [0.29, 0.717) is 18.0 Å². The summed E-state index contributed by atoms with van der Waals surface area (Å²) >= 11 is 0. The number of fused-ring (bicyclic) bond motifs is 1. The van der Waals surface area contributed by atoms with Gasteiger partial charge in [0.15, 0.2) is 0 Å². The second kappa shape index (κ2) is 7.45. The molecule has 27 heavy (non-hydrogen) atoms. The van der Waals surface area contributed by atoms with Gasteiger partial charge in [-0.05, 0) is 41.1 Å². The highest BCUT2D eigenvalue weighted by atomic mass is 19.1. The highest BCUT2D eigenvalue weighted by Gasteiger charge is 2.21. The van der Waals surface area contributed by atoms with Gasteiger partial charge < -0.3 is 14.7 Å². The fraction of sp³-hybridized carbons (Fsp3) is 0.273. The maximum absolute atomic E-state index is 14.0. The van der Waals surface area contributed by atoms with Crippen molar-refractivity contribution in [3.63, 3.8) is 0 Å². The Kier molecular flexibility index (Phi) is 4.86. The molecule has 1 aliphatic heterocycles. The largest absolute Gasteiger partial charge is 0.508 e. The summed E-state index contributed by atoms with van der Waals surface area (Å²) in [5, 5.41) is 12.5. The average molecular weight is 366 g/mol. The van der Waals surface area contributed by atoms with Gasteiger partial charge in [-0.3, -0.25) is 4.90 Å². The first kappa shape index (κ1) is 17.6. The number of hydrogen-bond donors (Lipinski definition) is 1. The van der Waals surface area contributed by atoms with Crippen LogP contribution >= 0.6 is 0 Å². The van der Waals surface area contributed by atoms with Crippen molar-refractivity contribution >= 4 is 16.5 Å². The van der Waals surface area contributed by atoms with E-state index < -0.39 is 0 Å². The van der Waals surface area contributed by atoms with Crippen molar-refractivity contribution in [1.82, 2.24) is 4.90 Å². The van der Waals surface area contributed by atoms with Crippen LogP contribution in [0.25, 0.3) is 10.8 Å². The van der Waals surface area contributed by atoms with E-state index in [4.69, 9.17) is 4.74 Å². The Morgan fingerprint density at radius 2 is 1.74 bits per heavy atom. The normalized spacial score (nSPS) is 15.3. The number of halogens is 1. The number of aromatic hydroxyl groups is 1. The first-order chi connectivity index (χ1) is 13.2. The molecule has 3 aromatic rings. The molecule has 5 heteroatoms. The minimum Gasteiger partial charge on any atom is -0.508 e. The molecule has 1 fully saturated rings. The Morgan fingerprint density at radius 3 is 2.48 bits per heavy atom. The molecule has 3 aromatic carbocycles. The zero-order chi connectivity index (χ0) is 18.8. The summed E-state index contributed by atoms with van der Waals surface area (Å²) in [5.74, 6) is 0.899. The molecule has 0 aromatic heterocycles. The molecule has 0 amide bonds. The van der Waals surface area contributed by atoms with Gasteiger partial charge in [0, 0.05) is 38.3 Å². The van der Waals surface area contributed by atoms with E-state index in [1.807, 2.05) is 36.4 Å². The molecular weight excluding hydrogens is 343 g/mol. The van der Waals surface area contributed by atoms with E-state index in [-0.39, 0.29) is 5.82 Å². The maximum atomic E-state index is 14.0. The number of piperazine rings is 1. The lowest BCUT2D eigenvalue weighted by Gasteiger charge is -2.36. The number of ether oxygens (including phenoxy) is 1. The number of phenolic OH excluding ortho intramolecular Hbond substituents is 1. The first-order valence-electron chi connectivity index (χ1n) is 9.16. The van der Waals surface area contributed by atoms with Crippen molar-refractivity contribution < 1.29 is 14.2 Å². The molecule has 1 saturated heterocycles. The SMILES string of the molecule is COc1ccc2ccc(O)c(CN3CCN(c4ccccc4F)CC3)c2c1. The number of rotatable bonds is 4. The van der Waals surface area contributed by atoms with Crippen molar-refractivity contribution in [3.05, 3.63) is 66.0 Å². The Bertz CT molecular complexity index is 952. The van der Waals surface area contributed by atoms with Gasteiger partial charge in [0.05, 0.1) is 12.8 Å². The lowest BCUT2D eigenvalue weighted by molar-refractivity contribution is 0.247. The van der Waals surface area contributed by atoms with Crippen LogP contribution < -0.4 is 9.64 Å². The second-order valence-corrected chi connectivity index (χ2v) is 6.86. The molecule has 0 atom stereocenters. The Labute approximate surface area is 158 Å². The highest BCUT2D eigenvalue weighted by molar-refractivity contribution is 5.89. The topological polar surface area (TPSA) is 35.9 Å². The van der Waals surface area contributed by atoms with Crippen molar-refractivity contribution in [2.24, 2.45) is 0 Å². The number of benzene rings is 3. The van der Waals surface area contributed by atoms with Crippen molar-refractivity contribution in [1.29, 1.82) is 0 Å². The standard InChI is InChI=1S/C22H23FN2O2/c1-27-17-8-6-16-7-9-22(26)19(18(16)14-17)15-24-10-12-25(13-11-24)21-5-3-2-4-20(21)23/h2-9,14,26H,10-13,15H2,1H3. The number of para-hydroxylation sites is 1. The fourth-order valence-electron chi connectivity index (χ4n) is 3.72. The fourth-order valence-corrected chi connectivity index (χ4v) is 3.72. The molecule has 0 radical (unpaired) electrons. The van der Waals surface area contributed by atoms with Crippen molar-refractivity contribution in [2.75, 3.05) is 38.2 Å². The molecule has 1 aliphatic rings. The monoisotopic (exact) mass is 366 g/mol. The van der Waals surface area contributed by atoms with Crippen LogP contribution in [0.3, 0.4) is 0 Å². The van der Waals surface area contributed by atoms with Crippen LogP contribution in [-0.4, -0.2) is 43.3 Å². The van der Waals surface area contributed by atoms with Gasteiger partial charge in [-0.1, -0.05) is 24.3 Å². The summed E-state index contributed by atoms with van der Waals surface area (Å²) < 4.78 is 19.4. The van der Waals surface area contributed by atoms with Crippen LogP contribution in [0.5, 0.6) is 11.5 Å². The summed E-state index contributed by atoms with van der Waals surface area (Å²) in [6.07, 6.45) is 0. The van der Waals surface area contributed by atoms with Crippen LogP contribution in [0.1, 0.15) is 5.56 Å². The third-order valence-corrected chi connectivity index (χ3v) is 5.26. The molecular formula is C22H23FN2O2. The molecule has 4 nitrogen and oxygen atoms in total. The summed E-state index contributed by atoms with van der Waals surface area (Å²) in [4.78, 5) is 4.38. The molecule has 0 bridgehead atoms. The molecule has 0 spiro atoms. The Morgan fingerprint density at radius 1 is 1.00 bits per heavy atom. The Hall–Kier alpha value is -2.79. The van der Waals surface area contributed by atoms with E-state index >= 15 is 0 Å². The molecule has 1 N–H and O–H groups in total. The third kappa shape index (κ3) is 3.55. The Balaban J connectivity index is 1.52. The predicted molar refractivity (Wildman–Crippen MR) is 106 cm³/mol. The smallest absolute Gasteiger partial charge is 0.146 e. The number of nitrogens with zero attached hydrogens (tertiary/aromatic N) is 2. The highest BCUT2D eigenvalue weighted by Crippen LogP contribution is 2.31. The third-order valence-electron chi connectivity index (χ3n) is 5.26. The molecule has 140 valence electrons. The minimum absolute atomic E-state index is 0.176. The molecule has 0 unspecified atom stereocenters. The zero-order valence-corrected chi connectivity index (χ0v) is 15.4. The van der Waals surface area contributed by atoms with Crippen LogP contribution in [0, 0.1) is 5.82 Å². The average Bonchev–Trinajstić information content (AvgIpc) is 2.71. The van der Waals surface area contributed by atoms with Crippen LogP contribution in [0.4, 0.5) is 10.1 Å². The predicted octanol–water partition coefficient (Wildman–Crippen LogP) is 4.02. The summed E-state index contributed by atoms with van der Waals surface area (Å²) in [7, 11) is 1.64.